The molecule has 0 fully saturated rings. The third-order valence-corrected chi connectivity index (χ3v) is 4.44. The van der Waals surface area contributed by atoms with Gasteiger partial charge in [-0.05, 0) is 30.7 Å². The molecule has 2 aromatic heterocycles. The number of pyridine rings is 1. The minimum Gasteiger partial charge on any atom is -0.330 e. The number of benzene rings is 1. The van der Waals surface area contributed by atoms with Gasteiger partial charge in [0.1, 0.15) is 0 Å². The molecule has 1 unspecified atom stereocenters. The maximum atomic E-state index is 12.6. The summed E-state index contributed by atoms with van der Waals surface area (Å²) in [6.45, 7) is 0.452. The van der Waals surface area contributed by atoms with E-state index >= 15 is 0 Å². The molecular weight excluding hydrogens is 320 g/mol. The van der Waals surface area contributed by atoms with Gasteiger partial charge in [-0.3, -0.25) is 9.78 Å². The number of rotatable bonds is 6. The topological polar surface area (TPSA) is 80.9 Å². The molecule has 0 aliphatic heterocycles. The van der Waals surface area contributed by atoms with Gasteiger partial charge in [-0.15, -0.1) is 11.3 Å². The first kappa shape index (κ1) is 16.3. The van der Waals surface area contributed by atoms with Crippen LogP contribution in [0, 0.1) is 0 Å². The molecule has 5 nitrogen and oxygen atoms in total. The summed E-state index contributed by atoms with van der Waals surface area (Å²) in [4.78, 5) is 21.1. The molecule has 0 saturated heterocycles. The van der Waals surface area contributed by atoms with Crippen LogP contribution in [0.15, 0.2) is 60.2 Å². The van der Waals surface area contributed by atoms with Gasteiger partial charge in [0.15, 0.2) is 5.13 Å². The molecule has 3 aromatic rings. The van der Waals surface area contributed by atoms with Crippen molar-refractivity contribution >= 4 is 22.4 Å². The second kappa shape index (κ2) is 7.81. The number of nitrogens with one attached hydrogen (secondary N) is 1. The zero-order chi connectivity index (χ0) is 16.8. The van der Waals surface area contributed by atoms with Crippen LogP contribution >= 0.6 is 11.3 Å². The van der Waals surface area contributed by atoms with Crippen LogP contribution in [-0.4, -0.2) is 22.4 Å². The first-order valence-electron chi connectivity index (χ1n) is 7.69. The van der Waals surface area contributed by atoms with Gasteiger partial charge in [-0.2, -0.15) is 0 Å². The smallest absolute Gasteiger partial charge is 0.233 e. The monoisotopic (exact) mass is 338 g/mol. The minimum atomic E-state index is -0.274. The second-order valence-electron chi connectivity index (χ2n) is 5.30. The Hall–Kier alpha value is -2.57. The number of aromatic nitrogens is 2. The molecule has 122 valence electrons. The predicted octanol–water partition coefficient (Wildman–Crippen LogP) is 3.28. The Kier molecular flexibility index (Phi) is 5.30. The number of anilines is 1. The third kappa shape index (κ3) is 3.84. The SMILES string of the molecule is NCCC(C(=O)Nc1nc(-c2ccncc2)cs1)c1ccccc1. The molecular formula is C18H18N4OS. The molecule has 1 aromatic carbocycles. The summed E-state index contributed by atoms with van der Waals surface area (Å²) in [6.07, 6.45) is 4.04. The number of carbonyl (C=O) groups excluding carboxylic acids is 1. The van der Waals surface area contributed by atoms with Crippen molar-refractivity contribution in [2.75, 3.05) is 11.9 Å². The molecule has 1 amide bonds. The van der Waals surface area contributed by atoms with Gasteiger partial charge in [-0.25, -0.2) is 4.98 Å². The summed E-state index contributed by atoms with van der Waals surface area (Å²) in [5, 5.41) is 5.42. The van der Waals surface area contributed by atoms with Crippen LogP contribution in [-0.2, 0) is 4.79 Å². The number of carbonyl (C=O) groups is 1. The molecule has 0 saturated carbocycles. The van der Waals surface area contributed by atoms with Crippen molar-refractivity contribution in [2.45, 2.75) is 12.3 Å². The first-order chi connectivity index (χ1) is 11.8. The Morgan fingerprint density at radius 3 is 2.62 bits per heavy atom. The number of nitrogens with two attached hydrogens (primary N) is 1. The maximum Gasteiger partial charge on any atom is 0.233 e. The van der Waals surface area contributed by atoms with Gasteiger partial charge in [-0.1, -0.05) is 30.3 Å². The van der Waals surface area contributed by atoms with E-state index in [2.05, 4.69) is 15.3 Å². The molecule has 0 aliphatic carbocycles. The van der Waals surface area contributed by atoms with E-state index in [9.17, 15) is 4.79 Å². The maximum absolute atomic E-state index is 12.6. The zero-order valence-corrected chi connectivity index (χ0v) is 13.9. The molecule has 6 heteroatoms. The van der Waals surface area contributed by atoms with Crippen molar-refractivity contribution in [2.24, 2.45) is 5.73 Å². The van der Waals surface area contributed by atoms with Crippen LogP contribution in [0.25, 0.3) is 11.3 Å². The van der Waals surface area contributed by atoms with Crippen molar-refractivity contribution in [1.82, 2.24) is 9.97 Å². The number of thiazole rings is 1. The van der Waals surface area contributed by atoms with Crippen molar-refractivity contribution in [3.05, 3.63) is 65.8 Å². The third-order valence-electron chi connectivity index (χ3n) is 3.68. The highest BCUT2D eigenvalue weighted by Crippen LogP contribution is 2.26. The lowest BCUT2D eigenvalue weighted by Gasteiger charge is -2.15. The fraction of sp³-hybridized carbons (Fsp3) is 0.167. The van der Waals surface area contributed by atoms with Crippen LogP contribution in [0.2, 0.25) is 0 Å². The Morgan fingerprint density at radius 1 is 1.17 bits per heavy atom. The van der Waals surface area contributed by atoms with Crippen LogP contribution in [0.5, 0.6) is 0 Å². The lowest BCUT2D eigenvalue weighted by Crippen LogP contribution is -2.23. The van der Waals surface area contributed by atoms with Gasteiger partial charge in [0.05, 0.1) is 11.6 Å². The summed E-state index contributed by atoms with van der Waals surface area (Å²) in [7, 11) is 0. The number of hydrogen-bond donors (Lipinski definition) is 2. The minimum absolute atomic E-state index is 0.0812. The fourth-order valence-corrected chi connectivity index (χ4v) is 3.20. The molecule has 0 bridgehead atoms. The summed E-state index contributed by atoms with van der Waals surface area (Å²) in [5.41, 5.74) is 8.45. The van der Waals surface area contributed by atoms with E-state index in [-0.39, 0.29) is 11.8 Å². The summed E-state index contributed by atoms with van der Waals surface area (Å²) < 4.78 is 0. The highest BCUT2D eigenvalue weighted by atomic mass is 32.1. The highest BCUT2D eigenvalue weighted by Gasteiger charge is 2.20. The number of nitrogens with zero attached hydrogens (tertiary/aromatic N) is 2. The summed E-state index contributed by atoms with van der Waals surface area (Å²) >= 11 is 1.41. The summed E-state index contributed by atoms with van der Waals surface area (Å²) in [5.74, 6) is -0.355. The van der Waals surface area contributed by atoms with Gasteiger partial charge < -0.3 is 11.1 Å². The van der Waals surface area contributed by atoms with Crippen LogP contribution in [0.4, 0.5) is 5.13 Å². The standard InChI is InChI=1S/C18H18N4OS/c19-9-6-15(13-4-2-1-3-5-13)17(23)22-18-21-16(12-24-18)14-7-10-20-11-8-14/h1-5,7-8,10-12,15H,6,9,19H2,(H,21,22,23). The van der Waals surface area contributed by atoms with E-state index in [1.54, 1.807) is 12.4 Å². The van der Waals surface area contributed by atoms with E-state index in [1.165, 1.54) is 11.3 Å². The largest absolute Gasteiger partial charge is 0.330 e. The Labute approximate surface area is 144 Å². The van der Waals surface area contributed by atoms with Gasteiger partial charge in [0.25, 0.3) is 0 Å². The van der Waals surface area contributed by atoms with Gasteiger partial charge in [0, 0.05) is 23.3 Å². The fourth-order valence-electron chi connectivity index (χ4n) is 2.48. The van der Waals surface area contributed by atoms with Crippen molar-refractivity contribution in [3.63, 3.8) is 0 Å². The Bertz CT molecular complexity index is 789. The van der Waals surface area contributed by atoms with Crippen LogP contribution < -0.4 is 11.1 Å². The molecule has 3 N–H and O–H groups in total. The molecule has 0 aliphatic rings. The quantitative estimate of drug-likeness (QED) is 0.723. The molecule has 3 rings (SSSR count). The van der Waals surface area contributed by atoms with E-state index in [1.807, 2.05) is 47.8 Å². The average molecular weight is 338 g/mol. The van der Waals surface area contributed by atoms with E-state index < -0.39 is 0 Å². The Balaban J connectivity index is 1.75. The van der Waals surface area contributed by atoms with Crippen molar-refractivity contribution < 1.29 is 4.79 Å². The first-order valence-corrected chi connectivity index (χ1v) is 8.57. The van der Waals surface area contributed by atoms with Gasteiger partial charge in [0.2, 0.25) is 5.91 Å². The average Bonchev–Trinajstić information content (AvgIpc) is 3.09. The number of amides is 1. The molecule has 0 spiro atoms. The predicted molar refractivity (Wildman–Crippen MR) is 96.8 cm³/mol. The lowest BCUT2D eigenvalue weighted by atomic mass is 9.95. The summed E-state index contributed by atoms with van der Waals surface area (Å²) in [6, 6.07) is 13.5. The zero-order valence-electron chi connectivity index (χ0n) is 13.1. The Morgan fingerprint density at radius 2 is 1.92 bits per heavy atom. The lowest BCUT2D eigenvalue weighted by molar-refractivity contribution is -0.117. The van der Waals surface area contributed by atoms with Crippen molar-refractivity contribution in [1.29, 1.82) is 0 Å². The van der Waals surface area contributed by atoms with E-state index in [0.29, 0.717) is 18.1 Å². The second-order valence-corrected chi connectivity index (χ2v) is 6.16. The van der Waals surface area contributed by atoms with Crippen LogP contribution in [0.3, 0.4) is 0 Å². The van der Waals surface area contributed by atoms with Crippen LogP contribution in [0.1, 0.15) is 17.9 Å². The van der Waals surface area contributed by atoms with Gasteiger partial charge >= 0.3 is 0 Å². The molecule has 0 radical (unpaired) electrons. The number of hydrogen-bond acceptors (Lipinski definition) is 5. The van der Waals surface area contributed by atoms with Crippen molar-refractivity contribution in [3.8, 4) is 11.3 Å². The van der Waals surface area contributed by atoms with E-state index in [4.69, 9.17) is 5.73 Å². The van der Waals surface area contributed by atoms with E-state index in [0.717, 1.165) is 16.8 Å². The molecule has 24 heavy (non-hydrogen) atoms. The molecule has 1 atom stereocenters. The molecule has 2 heterocycles. The highest BCUT2D eigenvalue weighted by molar-refractivity contribution is 7.14. The normalized spacial score (nSPS) is 11.9.